The summed E-state index contributed by atoms with van der Waals surface area (Å²) in [4.78, 5) is 22.8. The number of urea groups is 1. The van der Waals surface area contributed by atoms with E-state index in [1.165, 1.54) is 11.3 Å². The third kappa shape index (κ3) is 5.04. The van der Waals surface area contributed by atoms with E-state index < -0.39 is 0 Å². The molecule has 0 atom stereocenters. The normalized spacial score (nSPS) is 11.2. The largest absolute Gasteiger partial charge is 0.334 e. The molecule has 2 rings (SSSR count). The first-order valence-corrected chi connectivity index (χ1v) is 8.57. The monoisotopic (exact) mass is 336 g/mol. The number of nitrogens with zero attached hydrogens (tertiary/aromatic N) is 4. The number of anilines is 1. The van der Waals surface area contributed by atoms with Gasteiger partial charge >= 0.3 is 6.03 Å². The number of hydrogen-bond acceptors (Lipinski definition) is 5. The van der Waals surface area contributed by atoms with E-state index in [0.29, 0.717) is 17.7 Å². The maximum absolute atomic E-state index is 11.9. The van der Waals surface area contributed by atoms with Crippen molar-refractivity contribution in [2.24, 2.45) is 0 Å². The molecule has 0 saturated heterocycles. The van der Waals surface area contributed by atoms with Crippen LogP contribution in [0.25, 0.3) is 0 Å². The van der Waals surface area contributed by atoms with E-state index in [-0.39, 0.29) is 6.03 Å². The zero-order chi connectivity index (χ0) is 16.8. The van der Waals surface area contributed by atoms with Crippen molar-refractivity contribution in [3.63, 3.8) is 0 Å². The molecule has 0 saturated carbocycles. The van der Waals surface area contributed by atoms with Crippen LogP contribution < -0.4 is 10.6 Å². The van der Waals surface area contributed by atoms with Crippen molar-refractivity contribution in [3.8, 4) is 0 Å². The molecule has 2 heterocycles. The summed E-state index contributed by atoms with van der Waals surface area (Å²) in [7, 11) is 2.06. The average Bonchev–Trinajstić information content (AvgIpc) is 3.13. The van der Waals surface area contributed by atoms with Crippen molar-refractivity contribution < 1.29 is 4.79 Å². The first-order valence-electron chi connectivity index (χ1n) is 7.69. The third-order valence-electron chi connectivity index (χ3n) is 3.61. The number of hydrogen-bond donors (Lipinski definition) is 2. The Morgan fingerprint density at radius 3 is 2.96 bits per heavy atom. The lowest BCUT2D eigenvalue weighted by atomic mass is 10.3. The minimum absolute atomic E-state index is 0.270. The van der Waals surface area contributed by atoms with Crippen molar-refractivity contribution in [3.05, 3.63) is 29.3 Å². The maximum Gasteiger partial charge on any atom is 0.321 e. The Hall–Kier alpha value is -1.93. The summed E-state index contributed by atoms with van der Waals surface area (Å²) >= 11 is 1.43. The standard InChI is InChI=1S/C15H24N6OS/c1-5-21-7-6-16-13(21)8-17-14(22)19-15-18-12(10-23-15)9-20(4)11(2)3/h6-7,10-11H,5,8-9H2,1-4H3,(H2,17,18,19,22). The summed E-state index contributed by atoms with van der Waals surface area (Å²) in [5.41, 5.74) is 0.961. The fraction of sp³-hybridized carbons (Fsp3) is 0.533. The summed E-state index contributed by atoms with van der Waals surface area (Å²) < 4.78 is 1.99. The second kappa shape index (κ2) is 8.07. The van der Waals surface area contributed by atoms with E-state index in [9.17, 15) is 4.79 Å². The van der Waals surface area contributed by atoms with Crippen molar-refractivity contribution in [2.75, 3.05) is 12.4 Å². The number of aryl methyl sites for hydroxylation is 1. The quantitative estimate of drug-likeness (QED) is 0.815. The Morgan fingerprint density at radius 1 is 1.48 bits per heavy atom. The zero-order valence-electron chi connectivity index (χ0n) is 14.0. The summed E-state index contributed by atoms with van der Waals surface area (Å²) in [5, 5.41) is 8.14. The highest BCUT2D eigenvalue weighted by atomic mass is 32.1. The molecule has 0 aromatic carbocycles. The molecular formula is C15H24N6OS. The molecule has 23 heavy (non-hydrogen) atoms. The molecule has 7 nitrogen and oxygen atoms in total. The third-order valence-corrected chi connectivity index (χ3v) is 4.42. The van der Waals surface area contributed by atoms with Gasteiger partial charge in [0.25, 0.3) is 0 Å². The molecule has 0 bridgehead atoms. The summed E-state index contributed by atoms with van der Waals surface area (Å²) in [6.07, 6.45) is 3.63. The minimum atomic E-state index is -0.270. The second-order valence-electron chi connectivity index (χ2n) is 5.59. The number of rotatable bonds is 7. The predicted molar refractivity (Wildman–Crippen MR) is 92.5 cm³/mol. The van der Waals surface area contributed by atoms with Crippen LogP contribution >= 0.6 is 11.3 Å². The molecule has 0 aliphatic carbocycles. The molecule has 126 valence electrons. The van der Waals surface area contributed by atoms with Crippen LogP contribution in [0, 0.1) is 0 Å². The van der Waals surface area contributed by atoms with Crippen LogP contribution in [0.1, 0.15) is 32.3 Å². The Labute approximate surface area is 140 Å². The van der Waals surface area contributed by atoms with Gasteiger partial charge in [0.15, 0.2) is 5.13 Å². The van der Waals surface area contributed by atoms with Crippen LogP contribution in [0.5, 0.6) is 0 Å². The van der Waals surface area contributed by atoms with Crippen molar-refractivity contribution in [1.29, 1.82) is 0 Å². The van der Waals surface area contributed by atoms with Gasteiger partial charge in [0, 0.05) is 36.9 Å². The van der Waals surface area contributed by atoms with Gasteiger partial charge in [-0.15, -0.1) is 11.3 Å². The van der Waals surface area contributed by atoms with Gasteiger partial charge in [-0.3, -0.25) is 10.2 Å². The molecule has 0 aliphatic rings. The summed E-state index contributed by atoms with van der Waals surface area (Å²) in [6.45, 7) is 8.30. The lowest BCUT2D eigenvalue weighted by Crippen LogP contribution is -2.29. The van der Waals surface area contributed by atoms with E-state index in [2.05, 4.69) is 46.4 Å². The van der Waals surface area contributed by atoms with Crippen LogP contribution in [0.15, 0.2) is 17.8 Å². The molecule has 0 spiro atoms. The molecule has 0 aliphatic heterocycles. The number of carbonyl (C=O) groups excluding carboxylic acids is 1. The van der Waals surface area contributed by atoms with Gasteiger partial charge in [-0.1, -0.05) is 0 Å². The fourth-order valence-corrected chi connectivity index (χ4v) is 2.67. The van der Waals surface area contributed by atoms with Crippen molar-refractivity contribution >= 4 is 22.5 Å². The van der Waals surface area contributed by atoms with Gasteiger partial charge in [0.1, 0.15) is 5.82 Å². The van der Waals surface area contributed by atoms with E-state index in [1.54, 1.807) is 6.20 Å². The van der Waals surface area contributed by atoms with Gasteiger partial charge in [-0.25, -0.2) is 14.8 Å². The Morgan fingerprint density at radius 2 is 2.26 bits per heavy atom. The summed E-state index contributed by atoms with van der Waals surface area (Å²) in [6, 6.07) is 0.187. The molecule has 0 unspecified atom stereocenters. The Balaban J connectivity index is 1.82. The SMILES string of the molecule is CCn1ccnc1CNC(=O)Nc1nc(CN(C)C(C)C)cs1. The Kier molecular flexibility index (Phi) is 6.12. The van der Waals surface area contributed by atoms with Crippen molar-refractivity contribution in [2.45, 2.75) is 46.4 Å². The van der Waals surface area contributed by atoms with Gasteiger partial charge in [-0.2, -0.15) is 0 Å². The average molecular weight is 336 g/mol. The number of carbonyl (C=O) groups is 1. The maximum atomic E-state index is 11.9. The van der Waals surface area contributed by atoms with Crippen LogP contribution in [0.2, 0.25) is 0 Å². The molecule has 2 aromatic heterocycles. The van der Waals surface area contributed by atoms with E-state index in [4.69, 9.17) is 0 Å². The Bertz CT molecular complexity index is 635. The zero-order valence-corrected chi connectivity index (χ0v) is 14.9. The van der Waals surface area contributed by atoms with E-state index in [1.807, 2.05) is 23.1 Å². The van der Waals surface area contributed by atoms with Crippen molar-refractivity contribution in [1.82, 2.24) is 24.8 Å². The predicted octanol–water partition coefficient (Wildman–Crippen LogP) is 2.52. The highest BCUT2D eigenvalue weighted by Crippen LogP contribution is 2.17. The van der Waals surface area contributed by atoms with Crippen LogP contribution in [0.3, 0.4) is 0 Å². The van der Waals surface area contributed by atoms with Gasteiger partial charge in [0.05, 0.1) is 12.2 Å². The lowest BCUT2D eigenvalue weighted by Gasteiger charge is -2.19. The van der Waals surface area contributed by atoms with E-state index >= 15 is 0 Å². The van der Waals surface area contributed by atoms with E-state index in [0.717, 1.165) is 24.6 Å². The van der Waals surface area contributed by atoms with Crippen LogP contribution in [0.4, 0.5) is 9.93 Å². The molecule has 2 amide bonds. The molecule has 0 radical (unpaired) electrons. The molecule has 2 aromatic rings. The molecule has 0 fully saturated rings. The first kappa shape index (κ1) is 17.4. The highest BCUT2D eigenvalue weighted by Gasteiger charge is 2.10. The fourth-order valence-electron chi connectivity index (χ4n) is 1.97. The first-order chi connectivity index (χ1) is 11.0. The van der Waals surface area contributed by atoms with Crippen LogP contribution in [-0.2, 0) is 19.6 Å². The lowest BCUT2D eigenvalue weighted by molar-refractivity contribution is 0.251. The number of imidazole rings is 1. The number of aromatic nitrogens is 3. The molecule has 2 N–H and O–H groups in total. The highest BCUT2D eigenvalue weighted by molar-refractivity contribution is 7.13. The second-order valence-corrected chi connectivity index (χ2v) is 6.45. The number of nitrogens with one attached hydrogen (secondary N) is 2. The molecular weight excluding hydrogens is 312 g/mol. The number of amides is 2. The number of thiazole rings is 1. The smallest absolute Gasteiger partial charge is 0.321 e. The summed E-state index contributed by atoms with van der Waals surface area (Å²) in [5.74, 6) is 0.834. The minimum Gasteiger partial charge on any atom is -0.334 e. The topological polar surface area (TPSA) is 75.1 Å². The van der Waals surface area contributed by atoms with Gasteiger partial charge < -0.3 is 9.88 Å². The van der Waals surface area contributed by atoms with Crippen LogP contribution in [-0.4, -0.2) is 38.6 Å². The van der Waals surface area contributed by atoms with Gasteiger partial charge in [0.2, 0.25) is 0 Å². The van der Waals surface area contributed by atoms with Gasteiger partial charge in [-0.05, 0) is 27.8 Å². The molecule has 8 heteroatoms.